The number of carbonyl (C=O) groups is 1. The number of nitrogens with one attached hydrogen (secondary N) is 1. The Morgan fingerprint density at radius 2 is 1.51 bits per heavy atom. The zero-order valence-electron chi connectivity index (χ0n) is 26.4. The van der Waals surface area contributed by atoms with E-state index in [0.717, 1.165) is 39.8 Å². The lowest BCUT2D eigenvalue weighted by Gasteiger charge is -2.24. The van der Waals surface area contributed by atoms with E-state index in [1.165, 1.54) is 11.8 Å². The molecule has 4 rings (SSSR count). The molecule has 10 nitrogen and oxygen atoms in total. The topological polar surface area (TPSA) is 108 Å². The molecule has 0 radical (unpaired) electrons. The summed E-state index contributed by atoms with van der Waals surface area (Å²) < 4.78 is 36.3. The van der Waals surface area contributed by atoms with E-state index >= 15 is 0 Å². The van der Waals surface area contributed by atoms with Crippen molar-refractivity contribution < 1.29 is 38.4 Å². The highest BCUT2D eigenvalue weighted by Gasteiger charge is 2.31. The van der Waals surface area contributed by atoms with Crippen LogP contribution in [0.5, 0.6) is 28.7 Å². The molecule has 1 aliphatic rings. The fraction of sp³-hybridized carbons (Fsp3) is 0.424. The molecule has 1 fully saturated rings. The Hall–Kier alpha value is -3.32. The van der Waals surface area contributed by atoms with Crippen molar-refractivity contribution in [3.05, 3.63) is 64.1 Å². The third-order valence-corrected chi connectivity index (χ3v) is 8.85. The molecule has 0 aromatic heterocycles. The Balaban J connectivity index is 1.63. The molecule has 1 saturated heterocycles. The summed E-state index contributed by atoms with van der Waals surface area (Å²) in [5.74, 6) is 2.42. The van der Waals surface area contributed by atoms with E-state index in [4.69, 9.17) is 28.4 Å². The lowest BCUT2D eigenvalue weighted by atomic mass is 10.0. The predicted molar refractivity (Wildman–Crippen MR) is 177 cm³/mol. The van der Waals surface area contributed by atoms with Gasteiger partial charge in [-0.15, -0.1) is 0 Å². The summed E-state index contributed by atoms with van der Waals surface area (Å²) in [6.07, 6.45) is 2.43. The van der Waals surface area contributed by atoms with E-state index in [2.05, 4.69) is 21.2 Å². The molecule has 1 aliphatic heterocycles. The van der Waals surface area contributed by atoms with Gasteiger partial charge >= 0.3 is 6.03 Å². The number of ether oxygens (including phenoxy) is 6. The first-order valence-corrected chi connectivity index (χ1v) is 16.4. The van der Waals surface area contributed by atoms with Gasteiger partial charge in [0.2, 0.25) is 5.75 Å². The first kappa shape index (κ1) is 34.6. The molecular weight excluding hydrogens is 664 g/mol. The zero-order valence-corrected chi connectivity index (χ0v) is 28.8. The van der Waals surface area contributed by atoms with Gasteiger partial charge in [0.15, 0.2) is 23.0 Å². The van der Waals surface area contributed by atoms with Gasteiger partial charge in [0.25, 0.3) is 0 Å². The number of thioether (sulfide) groups is 1. The molecule has 2 N–H and O–H groups in total. The van der Waals surface area contributed by atoms with Gasteiger partial charge in [0.05, 0.1) is 52.9 Å². The quantitative estimate of drug-likeness (QED) is 0.0738. The van der Waals surface area contributed by atoms with Gasteiger partial charge < -0.3 is 33.7 Å². The lowest BCUT2D eigenvalue weighted by molar-refractivity contribution is -0.0379. The van der Waals surface area contributed by atoms with E-state index in [1.807, 2.05) is 62.4 Å². The second-order valence-corrected chi connectivity index (χ2v) is 12.7. The minimum absolute atomic E-state index is 0.202. The summed E-state index contributed by atoms with van der Waals surface area (Å²) >= 11 is 4.99. The van der Waals surface area contributed by atoms with E-state index < -0.39 is 6.03 Å². The van der Waals surface area contributed by atoms with Crippen LogP contribution in [0.25, 0.3) is 0 Å². The molecule has 3 aromatic carbocycles. The molecule has 45 heavy (non-hydrogen) atoms. The molecule has 3 aromatic rings. The SMILES string of the molecule is CCCCN(O)C(=O)Nc1cc(C2CCC(c3cc(OC)c(OC)c(OC)c3)O2)cc(OC)c1OC(C)Sc1ccc(Br)cc1. The summed E-state index contributed by atoms with van der Waals surface area (Å²) in [4.78, 5) is 14.0. The zero-order chi connectivity index (χ0) is 32.5. The number of rotatable bonds is 14. The number of amides is 2. The van der Waals surface area contributed by atoms with Gasteiger partial charge in [0, 0.05) is 9.37 Å². The largest absolute Gasteiger partial charge is 0.493 e. The third kappa shape index (κ3) is 8.69. The first-order valence-electron chi connectivity index (χ1n) is 14.7. The van der Waals surface area contributed by atoms with Crippen molar-refractivity contribution in [2.75, 3.05) is 40.3 Å². The molecule has 0 bridgehead atoms. The summed E-state index contributed by atoms with van der Waals surface area (Å²) in [6, 6.07) is 14.8. The summed E-state index contributed by atoms with van der Waals surface area (Å²) in [5.41, 5.74) is 1.74. The molecule has 3 unspecified atom stereocenters. The Bertz CT molecular complexity index is 1420. The number of unbranched alkanes of at least 4 members (excludes halogenated alkanes) is 1. The highest BCUT2D eigenvalue weighted by molar-refractivity contribution is 9.10. The normalized spacial score (nSPS) is 16.5. The molecule has 0 saturated carbocycles. The Morgan fingerprint density at radius 1 is 0.956 bits per heavy atom. The van der Waals surface area contributed by atoms with Crippen LogP contribution >= 0.6 is 27.7 Å². The third-order valence-electron chi connectivity index (χ3n) is 7.35. The molecule has 1 heterocycles. The van der Waals surface area contributed by atoms with Crippen LogP contribution in [0, 0.1) is 0 Å². The number of benzene rings is 3. The second kappa shape index (κ2) is 16.3. The molecule has 2 amide bonds. The smallest absolute Gasteiger partial charge is 0.345 e. The maximum atomic E-state index is 13.0. The lowest BCUT2D eigenvalue weighted by Crippen LogP contribution is -2.33. The Kier molecular flexibility index (Phi) is 12.5. The highest BCUT2D eigenvalue weighted by atomic mass is 79.9. The maximum absolute atomic E-state index is 13.0. The van der Waals surface area contributed by atoms with Crippen LogP contribution < -0.4 is 29.0 Å². The van der Waals surface area contributed by atoms with Crippen molar-refractivity contribution in [1.29, 1.82) is 0 Å². The van der Waals surface area contributed by atoms with Gasteiger partial charge in [-0.25, -0.2) is 9.86 Å². The van der Waals surface area contributed by atoms with Crippen LogP contribution in [0.3, 0.4) is 0 Å². The van der Waals surface area contributed by atoms with Crippen molar-refractivity contribution in [1.82, 2.24) is 5.06 Å². The number of methoxy groups -OCH3 is 4. The number of hydrogen-bond acceptors (Lipinski definition) is 9. The van der Waals surface area contributed by atoms with Gasteiger partial charge in [-0.3, -0.25) is 5.21 Å². The number of hydrogen-bond donors (Lipinski definition) is 2. The number of carbonyl (C=O) groups excluding carboxylic acids is 1. The second-order valence-electron chi connectivity index (χ2n) is 10.4. The fourth-order valence-electron chi connectivity index (χ4n) is 5.07. The average Bonchev–Trinajstić information content (AvgIpc) is 3.55. The fourth-order valence-corrected chi connectivity index (χ4v) is 6.16. The molecule has 0 aliphatic carbocycles. The molecule has 3 atom stereocenters. The minimum atomic E-state index is -0.664. The highest BCUT2D eigenvalue weighted by Crippen LogP contribution is 2.48. The average molecular weight is 706 g/mol. The van der Waals surface area contributed by atoms with Gasteiger partial charge in [-0.2, -0.15) is 0 Å². The van der Waals surface area contributed by atoms with Gasteiger partial charge in [-0.1, -0.05) is 41.0 Å². The van der Waals surface area contributed by atoms with E-state index in [-0.39, 0.29) is 24.2 Å². The van der Waals surface area contributed by atoms with Gasteiger partial charge in [0.1, 0.15) is 5.44 Å². The van der Waals surface area contributed by atoms with Crippen LogP contribution in [0.4, 0.5) is 10.5 Å². The first-order chi connectivity index (χ1) is 21.7. The number of urea groups is 1. The number of nitrogens with zero attached hydrogens (tertiary/aromatic N) is 1. The number of halogens is 1. The van der Waals surface area contributed by atoms with Crippen molar-refractivity contribution in [2.45, 2.75) is 62.1 Å². The molecule has 12 heteroatoms. The van der Waals surface area contributed by atoms with Crippen LogP contribution in [-0.2, 0) is 4.74 Å². The molecule has 0 spiro atoms. The summed E-state index contributed by atoms with van der Waals surface area (Å²) in [7, 11) is 6.29. The van der Waals surface area contributed by atoms with E-state index in [0.29, 0.717) is 45.9 Å². The molecular formula is C33H41BrN2O8S. The Morgan fingerprint density at radius 3 is 2.04 bits per heavy atom. The molecule has 244 valence electrons. The van der Waals surface area contributed by atoms with Crippen molar-refractivity contribution in [2.24, 2.45) is 0 Å². The van der Waals surface area contributed by atoms with Crippen molar-refractivity contribution in [3.63, 3.8) is 0 Å². The van der Waals surface area contributed by atoms with Crippen molar-refractivity contribution in [3.8, 4) is 28.7 Å². The Labute approximate surface area is 277 Å². The van der Waals surface area contributed by atoms with E-state index in [9.17, 15) is 10.0 Å². The number of hydroxylamine groups is 2. The number of anilines is 1. The van der Waals surface area contributed by atoms with Crippen molar-refractivity contribution >= 4 is 39.4 Å². The predicted octanol–water partition coefficient (Wildman–Crippen LogP) is 8.62. The van der Waals surface area contributed by atoms with E-state index in [1.54, 1.807) is 28.4 Å². The minimum Gasteiger partial charge on any atom is -0.493 e. The standard InChI is InChI=1S/C33H41BrN2O8S/c1-7-8-15-36(38)33(37)35-25-16-21(17-28(39-3)31(25)43-20(2)45-24-11-9-23(34)10-12-24)26-13-14-27(44-26)22-18-29(40-4)32(42-6)30(19-22)41-5/h9-12,16-20,26-27,38H,7-8,13-15H2,1-6H3,(H,35,37). The van der Waals surface area contributed by atoms with Gasteiger partial charge in [-0.05, 0) is 85.8 Å². The van der Waals surface area contributed by atoms with Crippen LogP contribution in [0.15, 0.2) is 57.9 Å². The monoisotopic (exact) mass is 704 g/mol. The summed E-state index contributed by atoms with van der Waals surface area (Å²) in [6.45, 7) is 4.12. The maximum Gasteiger partial charge on any atom is 0.345 e. The van der Waals surface area contributed by atoms with Crippen LogP contribution in [0.2, 0.25) is 0 Å². The van der Waals surface area contributed by atoms with Crippen LogP contribution in [-0.4, -0.2) is 56.7 Å². The van der Waals surface area contributed by atoms with Crippen LogP contribution in [0.1, 0.15) is 62.9 Å². The summed E-state index contributed by atoms with van der Waals surface area (Å²) in [5, 5.41) is 13.9.